The van der Waals surface area contributed by atoms with E-state index in [9.17, 15) is 10.1 Å². The van der Waals surface area contributed by atoms with Crippen LogP contribution in [0, 0.1) is 16.7 Å². The fourth-order valence-corrected chi connectivity index (χ4v) is 6.17. The number of fused-ring (bicyclic) bond motifs is 1. The molecule has 3 heterocycles. The number of nitrogens with one attached hydrogen (secondary N) is 1. The Bertz CT molecular complexity index is 1510. The Labute approximate surface area is 255 Å². The van der Waals surface area contributed by atoms with Crippen LogP contribution in [0.4, 0.5) is 16.2 Å². The van der Waals surface area contributed by atoms with Crippen LogP contribution in [0.15, 0.2) is 30.5 Å². The highest BCUT2D eigenvalue weighted by atomic mass is 35.5. The lowest BCUT2D eigenvalue weighted by atomic mass is 9.72. The molecule has 0 aliphatic carbocycles. The zero-order valence-electron chi connectivity index (χ0n) is 23.8. The Morgan fingerprint density at radius 3 is 2.45 bits per heavy atom. The normalized spacial score (nSPS) is 16.0. The van der Waals surface area contributed by atoms with Gasteiger partial charge in [0.25, 0.3) is 0 Å². The number of ether oxygens (including phenoxy) is 4. The van der Waals surface area contributed by atoms with Gasteiger partial charge in [-0.25, -0.2) is 4.79 Å². The Morgan fingerprint density at radius 1 is 1.05 bits per heavy atom. The number of amides is 1. The molecule has 2 aliphatic heterocycles. The summed E-state index contributed by atoms with van der Waals surface area (Å²) in [6.45, 7) is 5.05. The number of hydrogen-bond donors (Lipinski definition) is 1. The minimum absolute atomic E-state index is 0.232. The van der Waals surface area contributed by atoms with Gasteiger partial charge in [-0.15, -0.1) is 0 Å². The third kappa shape index (κ3) is 6.09. The molecule has 12 heteroatoms. The first kappa shape index (κ1) is 29.8. The maximum atomic E-state index is 11.7. The van der Waals surface area contributed by atoms with Crippen LogP contribution >= 0.6 is 23.2 Å². The molecule has 5 rings (SSSR count). The van der Waals surface area contributed by atoms with E-state index in [-0.39, 0.29) is 11.5 Å². The molecule has 0 unspecified atom stereocenters. The van der Waals surface area contributed by atoms with E-state index in [1.54, 1.807) is 24.1 Å². The highest BCUT2D eigenvalue weighted by Gasteiger charge is 2.47. The van der Waals surface area contributed by atoms with Gasteiger partial charge in [0, 0.05) is 48.8 Å². The number of rotatable bonds is 9. The molecule has 42 heavy (non-hydrogen) atoms. The first-order valence-electron chi connectivity index (χ1n) is 13.7. The third-order valence-electron chi connectivity index (χ3n) is 8.05. The summed E-state index contributed by atoms with van der Waals surface area (Å²) in [5.41, 5.74) is 2.28. The van der Waals surface area contributed by atoms with Crippen LogP contribution in [0.3, 0.4) is 0 Å². The highest BCUT2D eigenvalue weighted by molar-refractivity contribution is 6.37. The third-order valence-corrected chi connectivity index (χ3v) is 8.66. The predicted octanol–water partition coefficient (Wildman–Crippen LogP) is 6.11. The first-order valence-corrected chi connectivity index (χ1v) is 14.4. The second-order valence-electron chi connectivity index (χ2n) is 10.6. The molecule has 2 saturated heterocycles. The number of halogens is 2. The molecule has 1 N–H and O–H groups in total. The van der Waals surface area contributed by atoms with Crippen LogP contribution in [0.5, 0.6) is 17.2 Å². The van der Waals surface area contributed by atoms with Crippen LogP contribution in [-0.2, 0) is 4.74 Å². The number of carbonyl (C=O) groups excluding carboxylic acids is 1. The van der Waals surface area contributed by atoms with E-state index in [0.717, 1.165) is 52.0 Å². The highest BCUT2D eigenvalue weighted by Crippen LogP contribution is 2.42. The molecule has 2 fully saturated rings. The second kappa shape index (κ2) is 12.7. The quantitative estimate of drug-likeness (QED) is 0.286. The van der Waals surface area contributed by atoms with E-state index in [1.807, 2.05) is 12.1 Å². The van der Waals surface area contributed by atoms with Crippen LogP contribution in [0.2, 0.25) is 10.0 Å². The Balaban J connectivity index is 1.23. The zero-order chi connectivity index (χ0) is 29.9. The summed E-state index contributed by atoms with van der Waals surface area (Å²) >= 11 is 12.6. The van der Waals surface area contributed by atoms with E-state index in [0.29, 0.717) is 61.7 Å². The summed E-state index contributed by atoms with van der Waals surface area (Å²) in [7, 11) is 4.53. The number of benzene rings is 2. The van der Waals surface area contributed by atoms with Gasteiger partial charge in [-0.05, 0) is 44.5 Å². The van der Waals surface area contributed by atoms with Gasteiger partial charge in [-0.1, -0.05) is 23.2 Å². The largest absolute Gasteiger partial charge is 0.495 e. The number of aromatic nitrogens is 1. The molecule has 2 aliphatic rings. The molecule has 3 aromatic rings. The number of nitrogens with zero attached hydrogens (tertiary/aromatic N) is 4. The van der Waals surface area contributed by atoms with Gasteiger partial charge in [0.2, 0.25) is 0 Å². The molecule has 0 bridgehead atoms. The van der Waals surface area contributed by atoms with Gasteiger partial charge >= 0.3 is 6.09 Å². The maximum Gasteiger partial charge on any atom is 0.409 e. The summed E-state index contributed by atoms with van der Waals surface area (Å²) < 4.78 is 22.0. The lowest BCUT2D eigenvalue weighted by molar-refractivity contribution is -0.0380. The van der Waals surface area contributed by atoms with Gasteiger partial charge in [0.1, 0.15) is 11.8 Å². The Kier molecular flexibility index (Phi) is 9.02. The van der Waals surface area contributed by atoms with Crippen LogP contribution < -0.4 is 19.5 Å². The van der Waals surface area contributed by atoms with Crippen molar-refractivity contribution >= 4 is 51.6 Å². The van der Waals surface area contributed by atoms with Crippen LogP contribution in [0.1, 0.15) is 24.8 Å². The number of piperidine rings is 1. The van der Waals surface area contributed by atoms with Gasteiger partial charge in [0.15, 0.2) is 11.5 Å². The standard InChI is InChI=1S/C30H33Cl2N5O5/c1-39-25-14-24(21(31)12-22(25)32)35-28-19(15-33)16-34-23-13-27(26(40-2)11-20(23)28)42-10-4-7-36-8-5-30(6-9-36)17-37(18-30)29(38)41-3/h11-14,16H,4-10,17-18H2,1-3H3,(H,34,35). The summed E-state index contributed by atoms with van der Waals surface area (Å²) in [5.74, 6) is 1.56. The average Bonchev–Trinajstić information content (AvgIpc) is 2.99. The summed E-state index contributed by atoms with van der Waals surface area (Å²) in [6.07, 6.45) is 4.30. The first-order chi connectivity index (χ1) is 20.3. The second-order valence-corrected chi connectivity index (χ2v) is 11.5. The molecule has 2 aromatic carbocycles. The van der Waals surface area contributed by atoms with Crippen LogP contribution in [0.25, 0.3) is 10.9 Å². The van der Waals surface area contributed by atoms with Crippen molar-refractivity contribution in [1.29, 1.82) is 5.26 Å². The van der Waals surface area contributed by atoms with Crippen molar-refractivity contribution in [2.24, 2.45) is 5.41 Å². The van der Waals surface area contributed by atoms with Crippen molar-refractivity contribution in [3.05, 3.63) is 46.1 Å². The molecule has 0 atom stereocenters. The minimum atomic E-state index is -0.232. The number of hydrogen-bond acceptors (Lipinski definition) is 9. The van der Waals surface area contributed by atoms with Crippen LogP contribution in [-0.4, -0.2) is 81.5 Å². The lowest BCUT2D eigenvalue weighted by Gasteiger charge is -2.53. The molecule has 10 nitrogen and oxygen atoms in total. The van der Waals surface area contributed by atoms with E-state index < -0.39 is 0 Å². The topological polar surface area (TPSA) is 109 Å². The van der Waals surface area contributed by atoms with Crippen molar-refractivity contribution in [2.45, 2.75) is 19.3 Å². The lowest BCUT2D eigenvalue weighted by Crippen LogP contribution is -2.61. The number of nitriles is 1. The van der Waals surface area contributed by atoms with Gasteiger partial charge in [-0.3, -0.25) is 4.98 Å². The van der Waals surface area contributed by atoms with Crippen molar-refractivity contribution in [1.82, 2.24) is 14.8 Å². The summed E-state index contributed by atoms with van der Waals surface area (Å²) in [4.78, 5) is 20.4. The Hall–Kier alpha value is -3.65. The monoisotopic (exact) mass is 613 g/mol. The molecular formula is C30H33Cl2N5O5. The number of anilines is 2. The number of pyridine rings is 1. The molecule has 1 aromatic heterocycles. The number of carbonyl (C=O) groups is 1. The molecule has 1 spiro atoms. The fourth-order valence-electron chi connectivity index (χ4n) is 5.67. The molecule has 1 amide bonds. The van der Waals surface area contributed by atoms with Gasteiger partial charge in [0.05, 0.1) is 60.4 Å². The number of likely N-dealkylation sites (tertiary alicyclic amines) is 2. The van der Waals surface area contributed by atoms with E-state index in [1.165, 1.54) is 20.4 Å². The SMILES string of the molecule is COC(=O)N1CC2(CCN(CCCOc3cc4ncc(C#N)c(Nc5cc(OC)c(Cl)cc5Cl)c4cc3OC)CC2)C1. The zero-order valence-corrected chi connectivity index (χ0v) is 25.3. The average molecular weight is 615 g/mol. The van der Waals surface area contributed by atoms with Crippen molar-refractivity contribution in [3.8, 4) is 23.3 Å². The van der Waals surface area contributed by atoms with Gasteiger partial charge in [-0.2, -0.15) is 5.26 Å². The summed E-state index contributed by atoms with van der Waals surface area (Å²) in [5, 5.41) is 14.5. The molecule has 0 radical (unpaired) electrons. The van der Waals surface area contributed by atoms with E-state index >= 15 is 0 Å². The van der Waals surface area contributed by atoms with Crippen molar-refractivity contribution < 1.29 is 23.7 Å². The smallest absolute Gasteiger partial charge is 0.409 e. The van der Waals surface area contributed by atoms with Crippen molar-refractivity contribution in [3.63, 3.8) is 0 Å². The molecule has 0 saturated carbocycles. The molecular weight excluding hydrogens is 581 g/mol. The maximum absolute atomic E-state index is 11.7. The predicted molar refractivity (Wildman–Crippen MR) is 162 cm³/mol. The van der Waals surface area contributed by atoms with Crippen molar-refractivity contribution in [2.75, 3.05) is 66.0 Å². The van der Waals surface area contributed by atoms with E-state index in [2.05, 4.69) is 21.3 Å². The molecule has 222 valence electrons. The van der Waals surface area contributed by atoms with Gasteiger partial charge < -0.3 is 34.1 Å². The minimum Gasteiger partial charge on any atom is -0.495 e. The summed E-state index contributed by atoms with van der Waals surface area (Å²) in [6, 6.07) is 9.08. The van der Waals surface area contributed by atoms with E-state index in [4.69, 9.17) is 42.1 Å². The Morgan fingerprint density at radius 2 is 1.79 bits per heavy atom. The fraction of sp³-hybridized carbons (Fsp3) is 0.433. The number of methoxy groups -OCH3 is 3.